The molecule has 0 saturated heterocycles. The molecule has 1 N–H and O–H groups in total. The second kappa shape index (κ2) is 4.41. The lowest BCUT2D eigenvalue weighted by molar-refractivity contribution is -0.126. The Labute approximate surface area is 83.0 Å². The number of H-pyrrole nitrogens is 1. The zero-order valence-corrected chi connectivity index (χ0v) is 8.16. The highest BCUT2D eigenvalue weighted by Gasteiger charge is 2.11. The number of amides is 1. The van der Waals surface area contributed by atoms with Gasteiger partial charge in [-0.3, -0.25) is 4.79 Å². The average molecular weight is 191 g/mol. The van der Waals surface area contributed by atoms with Gasteiger partial charge in [-0.05, 0) is 0 Å². The summed E-state index contributed by atoms with van der Waals surface area (Å²) in [7, 11) is 1.69. The SMILES string of the molecule is C=CC(=C)C(=O)N(C)Cc1ncc[nH]1. The smallest absolute Gasteiger partial charge is 0.253 e. The molecule has 4 nitrogen and oxygen atoms in total. The number of aromatic amines is 1. The third-order valence-corrected chi connectivity index (χ3v) is 1.81. The van der Waals surface area contributed by atoms with Crippen molar-refractivity contribution < 1.29 is 4.79 Å². The van der Waals surface area contributed by atoms with Crippen molar-refractivity contribution >= 4 is 5.91 Å². The van der Waals surface area contributed by atoms with Gasteiger partial charge in [-0.2, -0.15) is 0 Å². The van der Waals surface area contributed by atoms with Crippen molar-refractivity contribution in [3.05, 3.63) is 43.0 Å². The van der Waals surface area contributed by atoms with Crippen LogP contribution in [0.15, 0.2) is 37.2 Å². The molecule has 0 aliphatic carbocycles. The van der Waals surface area contributed by atoms with Crippen LogP contribution >= 0.6 is 0 Å². The first-order chi connectivity index (χ1) is 6.65. The molecule has 0 aromatic carbocycles. The molecule has 4 heteroatoms. The Morgan fingerprint density at radius 1 is 1.79 bits per heavy atom. The average Bonchev–Trinajstić information content (AvgIpc) is 2.68. The van der Waals surface area contributed by atoms with Gasteiger partial charge in [0.1, 0.15) is 5.82 Å². The molecule has 0 fully saturated rings. The minimum absolute atomic E-state index is 0.142. The molecule has 1 rings (SSSR count). The largest absolute Gasteiger partial charge is 0.347 e. The highest BCUT2D eigenvalue weighted by Crippen LogP contribution is 2.02. The standard InChI is InChI=1S/C10H13N3O/c1-4-8(2)10(14)13(3)7-9-11-5-6-12-9/h4-6H,1-2,7H2,3H3,(H,11,12). The van der Waals surface area contributed by atoms with Gasteiger partial charge in [0.15, 0.2) is 0 Å². The van der Waals surface area contributed by atoms with Crippen LogP contribution in [0.5, 0.6) is 0 Å². The van der Waals surface area contributed by atoms with E-state index in [9.17, 15) is 4.79 Å². The fraction of sp³-hybridized carbons (Fsp3) is 0.200. The van der Waals surface area contributed by atoms with Gasteiger partial charge in [0.05, 0.1) is 6.54 Å². The van der Waals surface area contributed by atoms with Crippen molar-refractivity contribution in [2.75, 3.05) is 7.05 Å². The Bertz CT molecular complexity index is 340. The van der Waals surface area contributed by atoms with E-state index in [4.69, 9.17) is 0 Å². The topological polar surface area (TPSA) is 49.0 Å². The number of hydrogen-bond donors (Lipinski definition) is 1. The molecular weight excluding hydrogens is 178 g/mol. The third kappa shape index (κ3) is 2.32. The zero-order chi connectivity index (χ0) is 10.6. The number of carbonyl (C=O) groups excluding carboxylic acids is 1. The summed E-state index contributed by atoms with van der Waals surface area (Å²) in [5, 5.41) is 0. The Balaban J connectivity index is 2.58. The summed E-state index contributed by atoms with van der Waals surface area (Å²) in [4.78, 5) is 20.0. The molecule has 0 atom stereocenters. The van der Waals surface area contributed by atoms with E-state index in [-0.39, 0.29) is 5.91 Å². The van der Waals surface area contributed by atoms with Crippen molar-refractivity contribution in [3.8, 4) is 0 Å². The molecule has 0 saturated carbocycles. The first-order valence-corrected chi connectivity index (χ1v) is 4.20. The first-order valence-electron chi connectivity index (χ1n) is 4.20. The summed E-state index contributed by atoms with van der Waals surface area (Å²) < 4.78 is 0. The molecular formula is C10H13N3O. The summed E-state index contributed by atoms with van der Waals surface area (Å²) in [6.45, 7) is 7.52. The number of rotatable bonds is 4. The fourth-order valence-corrected chi connectivity index (χ4v) is 1.01. The lowest BCUT2D eigenvalue weighted by Crippen LogP contribution is -2.27. The normalized spacial score (nSPS) is 9.50. The number of nitrogens with zero attached hydrogens (tertiary/aromatic N) is 2. The number of aromatic nitrogens is 2. The van der Waals surface area contributed by atoms with Gasteiger partial charge >= 0.3 is 0 Å². The van der Waals surface area contributed by atoms with Crippen LogP contribution in [0.2, 0.25) is 0 Å². The summed E-state index contributed by atoms with van der Waals surface area (Å²) in [6.07, 6.45) is 4.81. The molecule has 0 unspecified atom stereocenters. The van der Waals surface area contributed by atoms with Crippen LogP contribution in [0, 0.1) is 0 Å². The molecule has 1 amide bonds. The fourth-order valence-electron chi connectivity index (χ4n) is 1.01. The van der Waals surface area contributed by atoms with Gasteiger partial charge in [-0.25, -0.2) is 4.98 Å². The molecule has 0 radical (unpaired) electrons. The van der Waals surface area contributed by atoms with Gasteiger partial charge in [0.2, 0.25) is 0 Å². The monoisotopic (exact) mass is 191 g/mol. The van der Waals surface area contributed by atoms with Crippen LogP contribution in [-0.2, 0) is 11.3 Å². The van der Waals surface area contributed by atoms with E-state index in [1.54, 1.807) is 19.4 Å². The molecule has 0 bridgehead atoms. The van der Waals surface area contributed by atoms with E-state index in [0.29, 0.717) is 12.1 Å². The van der Waals surface area contributed by atoms with E-state index in [0.717, 1.165) is 5.82 Å². The second-order valence-corrected chi connectivity index (χ2v) is 2.93. The van der Waals surface area contributed by atoms with Crippen molar-refractivity contribution in [3.63, 3.8) is 0 Å². The van der Waals surface area contributed by atoms with Crippen molar-refractivity contribution in [2.24, 2.45) is 0 Å². The number of nitrogens with one attached hydrogen (secondary N) is 1. The molecule has 74 valence electrons. The van der Waals surface area contributed by atoms with Gasteiger partial charge < -0.3 is 9.88 Å². The summed E-state index contributed by atoms with van der Waals surface area (Å²) in [6, 6.07) is 0. The summed E-state index contributed by atoms with van der Waals surface area (Å²) in [5.41, 5.74) is 0.388. The quantitative estimate of drug-likeness (QED) is 0.572. The van der Waals surface area contributed by atoms with Crippen molar-refractivity contribution in [1.29, 1.82) is 0 Å². The number of carbonyl (C=O) groups is 1. The van der Waals surface area contributed by atoms with E-state index >= 15 is 0 Å². The van der Waals surface area contributed by atoms with Crippen molar-refractivity contribution in [2.45, 2.75) is 6.54 Å². The Hall–Kier alpha value is -1.84. The Kier molecular flexibility index (Phi) is 3.23. The summed E-state index contributed by atoms with van der Waals surface area (Å²) >= 11 is 0. The zero-order valence-electron chi connectivity index (χ0n) is 8.16. The van der Waals surface area contributed by atoms with E-state index < -0.39 is 0 Å². The molecule has 1 aromatic rings. The maximum Gasteiger partial charge on any atom is 0.253 e. The van der Waals surface area contributed by atoms with Crippen LogP contribution in [-0.4, -0.2) is 27.8 Å². The van der Waals surface area contributed by atoms with Gasteiger partial charge in [-0.15, -0.1) is 0 Å². The van der Waals surface area contributed by atoms with Gasteiger partial charge in [-0.1, -0.05) is 19.2 Å². The van der Waals surface area contributed by atoms with Crippen LogP contribution in [0.25, 0.3) is 0 Å². The molecule has 1 heterocycles. The summed E-state index contributed by atoms with van der Waals surface area (Å²) in [5.74, 6) is 0.606. The Morgan fingerprint density at radius 3 is 3.00 bits per heavy atom. The van der Waals surface area contributed by atoms with Crippen LogP contribution in [0.3, 0.4) is 0 Å². The molecule has 0 aliphatic rings. The lowest BCUT2D eigenvalue weighted by Gasteiger charge is -2.15. The minimum atomic E-state index is -0.142. The number of likely N-dealkylation sites (N-methyl/N-ethyl adjacent to an activating group) is 1. The van der Waals surface area contributed by atoms with Gasteiger partial charge in [0.25, 0.3) is 5.91 Å². The molecule has 14 heavy (non-hydrogen) atoms. The van der Waals surface area contributed by atoms with E-state index in [2.05, 4.69) is 23.1 Å². The highest BCUT2D eigenvalue weighted by atomic mass is 16.2. The lowest BCUT2D eigenvalue weighted by atomic mass is 10.2. The maximum atomic E-state index is 11.5. The number of imidazole rings is 1. The number of hydrogen-bond acceptors (Lipinski definition) is 2. The van der Waals surface area contributed by atoms with Crippen LogP contribution in [0.4, 0.5) is 0 Å². The Morgan fingerprint density at radius 2 is 2.50 bits per heavy atom. The predicted molar refractivity (Wildman–Crippen MR) is 54.4 cm³/mol. The third-order valence-electron chi connectivity index (χ3n) is 1.81. The molecule has 1 aromatic heterocycles. The molecule has 0 spiro atoms. The maximum absolute atomic E-state index is 11.5. The minimum Gasteiger partial charge on any atom is -0.347 e. The second-order valence-electron chi connectivity index (χ2n) is 2.93. The highest BCUT2D eigenvalue weighted by molar-refractivity contribution is 5.95. The van der Waals surface area contributed by atoms with E-state index in [1.165, 1.54) is 11.0 Å². The van der Waals surface area contributed by atoms with Crippen molar-refractivity contribution in [1.82, 2.24) is 14.9 Å². The van der Waals surface area contributed by atoms with E-state index in [1.807, 2.05) is 0 Å². The van der Waals surface area contributed by atoms with Crippen LogP contribution < -0.4 is 0 Å². The first kappa shape index (κ1) is 10.2. The van der Waals surface area contributed by atoms with Gasteiger partial charge in [0, 0.05) is 25.0 Å². The molecule has 0 aliphatic heterocycles. The predicted octanol–water partition coefficient (Wildman–Crippen LogP) is 1.11. The van der Waals surface area contributed by atoms with Crippen LogP contribution in [0.1, 0.15) is 5.82 Å².